The number of benzene rings is 1. The molecule has 2 rings (SSSR count). The van der Waals surface area contributed by atoms with E-state index in [1.807, 2.05) is 12.1 Å². The van der Waals surface area contributed by atoms with Gasteiger partial charge in [-0.3, -0.25) is 0 Å². The first-order valence-electron chi connectivity index (χ1n) is 6.45. The Morgan fingerprint density at radius 1 is 1.44 bits per heavy atom. The van der Waals surface area contributed by atoms with E-state index >= 15 is 0 Å². The Labute approximate surface area is 115 Å². The number of nitrogens with zero attached hydrogens (tertiary/aromatic N) is 2. The molecule has 0 saturated carbocycles. The van der Waals surface area contributed by atoms with E-state index in [1.54, 1.807) is 0 Å². The van der Waals surface area contributed by atoms with E-state index in [9.17, 15) is 0 Å². The number of nitrogens with one attached hydrogen (secondary N) is 1. The molecule has 1 unspecified atom stereocenters. The van der Waals surface area contributed by atoms with Gasteiger partial charge in [0.2, 0.25) is 0 Å². The van der Waals surface area contributed by atoms with Crippen LogP contribution in [0, 0.1) is 6.92 Å². The number of likely N-dealkylation sites (N-methyl/N-ethyl adjacent to an activating group) is 1. The van der Waals surface area contributed by atoms with E-state index in [4.69, 9.17) is 11.6 Å². The van der Waals surface area contributed by atoms with Crippen molar-refractivity contribution in [3.8, 4) is 0 Å². The van der Waals surface area contributed by atoms with Crippen molar-refractivity contribution in [1.82, 2.24) is 10.2 Å². The molecule has 0 aliphatic carbocycles. The second-order valence-corrected chi connectivity index (χ2v) is 5.73. The molecule has 0 bridgehead atoms. The van der Waals surface area contributed by atoms with Crippen molar-refractivity contribution in [1.29, 1.82) is 0 Å². The highest BCUT2D eigenvalue weighted by Gasteiger charge is 2.20. The third kappa shape index (κ3) is 3.37. The minimum atomic E-state index is 0.531. The van der Waals surface area contributed by atoms with Gasteiger partial charge in [0.05, 0.1) is 0 Å². The highest BCUT2D eigenvalue weighted by molar-refractivity contribution is 6.30. The summed E-state index contributed by atoms with van der Waals surface area (Å²) in [7, 11) is 4.24. The fourth-order valence-electron chi connectivity index (χ4n) is 2.58. The lowest BCUT2D eigenvalue weighted by atomic mass is 10.1. The molecule has 1 aromatic carbocycles. The van der Waals surface area contributed by atoms with Crippen LogP contribution in [-0.2, 0) is 0 Å². The first kappa shape index (κ1) is 13.7. The Bertz CT molecular complexity index is 406. The molecule has 1 saturated heterocycles. The zero-order valence-corrected chi connectivity index (χ0v) is 12.2. The molecular formula is C14H22ClN3. The minimum Gasteiger partial charge on any atom is -0.368 e. The van der Waals surface area contributed by atoms with E-state index in [2.05, 4.69) is 42.2 Å². The summed E-state index contributed by atoms with van der Waals surface area (Å²) in [5.41, 5.74) is 2.57. The maximum absolute atomic E-state index is 6.02. The van der Waals surface area contributed by atoms with E-state index in [0.717, 1.165) is 31.2 Å². The van der Waals surface area contributed by atoms with Crippen molar-refractivity contribution in [3.63, 3.8) is 0 Å². The van der Waals surface area contributed by atoms with Crippen molar-refractivity contribution in [2.45, 2.75) is 13.0 Å². The number of rotatable bonds is 3. The number of hydrogen-bond acceptors (Lipinski definition) is 3. The summed E-state index contributed by atoms with van der Waals surface area (Å²) in [5, 5.41) is 4.39. The van der Waals surface area contributed by atoms with E-state index in [0.29, 0.717) is 6.04 Å². The summed E-state index contributed by atoms with van der Waals surface area (Å²) in [4.78, 5) is 4.69. The lowest BCUT2D eigenvalue weighted by molar-refractivity contribution is 0.323. The average molecular weight is 268 g/mol. The molecule has 0 spiro atoms. The van der Waals surface area contributed by atoms with Gasteiger partial charge in [-0.15, -0.1) is 0 Å². The van der Waals surface area contributed by atoms with Crippen LogP contribution in [0.1, 0.15) is 5.56 Å². The first-order valence-corrected chi connectivity index (χ1v) is 6.83. The van der Waals surface area contributed by atoms with Crippen LogP contribution in [0.2, 0.25) is 5.02 Å². The first-order chi connectivity index (χ1) is 8.56. The summed E-state index contributed by atoms with van der Waals surface area (Å²) in [6.45, 7) is 6.36. The van der Waals surface area contributed by atoms with Crippen LogP contribution in [-0.4, -0.2) is 51.2 Å². The average Bonchev–Trinajstić information content (AvgIpc) is 2.28. The lowest BCUT2D eigenvalue weighted by Crippen LogP contribution is -2.54. The smallest absolute Gasteiger partial charge is 0.0410 e. The molecule has 1 fully saturated rings. The maximum Gasteiger partial charge on any atom is 0.0410 e. The molecule has 1 aliphatic heterocycles. The molecule has 0 amide bonds. The van der Waals surface area contributed by atoms with Gasteiger partial charge >= 0.3 is 0 Å². The molecule has 1 N–H and O–H groups in total. The predicted molar refractivity (Wildman–Crippen MR) is 78.7 cm³/mol. The molecular weight excluding hydrogens is 246 g/mol. The molecule has 3 nitrogen and oxygen atoms in total. The number of hydrogen-bond donors (Lipinski definition) is 1. The van der Waals surface area contributed by atoms with Crippen LogP contribution >= 0.6 is 11.6 Å². The third-order valence-electron chi connectivity index (χ3n) is 3.34. The quantitative estimate of drug-likeness (QED) is 0.904. The summed E-state index contributed by atoms with van der Waals surface area (Å²) in [6.07, 6.45) is 0. The topological polar surface area (TPSA) is 18.5 Å². The van der Waals surface area contributed by atoms with Crippen LogP contribution in [0.4, 0.5) is 5.69 Å². The number of halogens is 1. The molecule has 100 valence electrons. The van der Waals surface area contributed by atoms with Crippen LogP contribution in [0.3, 0.4) is 0 Å². The van der Waals surface area contributed by atoms with E-state index in [-0.39, 0.29) is 0 Å². The highest BCUT2D eigenvalue weighted by atomic mass is 35.5. The van der Waals surface area contributed by atoms with Crippen molar-refractivity contribution < 1.29 is 0 Å². The third-order valence-corrected chi connectivity index (χ3v) is 3.58. The summed E-state index contributed by atoms with van der Waals surface area (Å²) in [5.74, 6) is 0. The van der Waals surface area contributed by atoms with Gasteiger partial charge in [-0.2, -0.15) is 0 Å². The van der Waals surface area contributed by atoms with Crippen molar-refractivity contribution in [3.05, 3.63) is 28.8 Å². The molecule has 1 heterocycles. The van der Waals surface area contributed by atoms with Gasteiger partial charge in [0, 0.05) is 42.9 Å². The fourth-order valence-corrected chi connectivity index (χ4v) is 2.81. The molecule has 1 aliphatic rings. The van der Waals surface area contributed by atoms with Crippen LogP contribution < -0.4 is 10.2 Å². The molecule has 0 radical (unpaired) electrons. The van der Waals surface area contributed by atoms with Crippen molar-refractivity contribution in [2.75, 3.05) is 45.2 Å². The minimum absolute atomic E-state index is 0.531. The summed E-state index contributed by atoms with van der Waals surface area (Å²) in [6, 6.07) is 6.69. The monoisotopic (exact) mass is 267 g/mol. The van der Waals surface area contributed by atoms with Gasteiger partial charge in [-0.1, -0.05) is 11.6 Å². The largest absolute Gasteiger partial charge is 0.368 e. The Morgan fingerprint density at radius 2 is 2.22 bits per heavy atom. The van der Waals surface area contributed by atoms with Crippen LogP contribution in [0.15, 0.2) is 18.2 Å². The second kappa shape index (κ2) is 5.91. The predicted octanol–water partition coefficient (Wildman–Crippen LogP) is 1.99. The highest BCUT2D eigenvalue weighted by Crippen LogP contribution is 2.24. The number of anilines is 1. The Balaban J connectivity index is 2.08. The normalized spacial score (nSPS) is 20.5. The molecule has 0 aromatic heterocycles. The van der Waals surface area contributed by atoms with Gasteiger partial charge < -0.3 is 15.1 Å². The SMILES string of the molecule is Cc1cc(Cl)ccc1N1CCNC(CN(C)C)C1. The Kier molecular flexibility index (Phi) is 4.49. The Hall–Kier alpha value is -0.770. The summed E-state index contributed by atoms with van der Waals surface area (Å²) >= 11 is 6.02. The van der Waals surface area contributed by atoms with Gasteiger partial charge in [0.1, 0.15) is 0 Å². The van der Waals surface area contributed by atoms with Gasteiger partial charge in [-0.25, -0.2) is 0 Å². The van der Waals surface area contributed by atoms with E-state index in [1.165, 1.54) is 11.3 Å². The Morgan fingerprint density at radius 3 is 2.89 bits per heavy atom. The molecule has 4 heteroatoms. The summed E-state index contributed by atoms with van der Waals surface area (Å²) < 4.78 is 0. The fraction of sp³-hybridized carbons (Fsp3) is 0.571. The van der Waals surface area contributed by atoms with Gasteiger partial charge in [-0.05, 0) is 44.8 Å². The maximum atomic E-state index is 6.02. The van der Waals surface area contributed by atoms with Gasteiger partial charge in [0.15, 0.2) is 0 Å². The number of aryl methyl sites for hydroxylation is 1. The van der Waals surface area contributed by atoms with Crippen LogP contribution in [0.5, 0.6) is 0 Å². The number of piperazine rings is 1. The molecule has 1 atom stereocenters. The van der Waals surface area contributed by atoms with E-state index < -0.39 is 0 Å². The lowest BCUT2D eigenvalue weighted by Gasteiger charge is -2.37. The molecule has 18 heavy (non-hydrogen) atoms. The zero-order valence-electron chi connectivity index (χ0n) is 11.4. The van der Waals surface area contributed by atoms with Crippen molar-refractivity contribution >= 4 is 17.3 Å². The zero-order chi connectivity index (χ0) is 13.1. The standard InChI is InChI=1S/C14H22ClN3/c1-11-8-12(15)4-5-14(11)18-7-6-16-13(10-18)9-17(2)3/h4-5,8,13,16H,6-7,9-10H2,1-3H3. The van der Waals surface area contributed by atoms with Crippen molar-refractivity contribution in [2.24, 2.45) is 0 Å². The molecule has 1 aromatic rings. The van der Waals surface area contributed by atoms with Crippen LogP contribution in [0.25, 0.3) is 0 Å². The van der Waals surface area contributed by atoms with Gasteiger partial charge in [0.25, 0.3) is 0 Å². The second-order valence-electron chi connectivity index (χ2n) is 5.29.